The molecule has 41 heavy (non-hydrogen) atoms. The summed E-state index contributed by atoms with van der Waals surface area (Å²) in [7, 11) is 0. The highest BCUT2D eigenvalue weighted by atomic mass is 35.5. The molecule has 1 aliphatic carbocycles. The lowest BCUT2D eigenvalue weighted by molar-refractivity contribution is 0.00710. The van der Waals surface area contributed by atoms with Crippen LogP contribution in [0.3, 0.4) is 0 Å². The van der Waals surface area contributed by atoms with Gasteiger partial charge in [-0.25, -0.2) is 14.2 Å². The van der Waals surface area contributed by atoms with E-state index in [1.807, 2.05) is 11.8 Å². The first kappa shape index (κ1) is 29.4. The number of carboxylic acid groups (broad SMARTS) is 1. The minimum absolute atomic E-state index is 0.0833. The number of aliphatic hydroxyl groups is 1. The summed E-state index contributed by atoms with van der Waals surface area (Å²) in [5.74, 6) is 5.44. The number of nitrogens with zero attached hydrogens (tertiary/aromatic N) is 2. The van der Waals surface area contributed by atoms with Crippen molar-refractivity contribution < 1.29 is 29.0 Å². The van der Waals surface area contributed by atoms with Crippen LogP contribution >= 0.6 is 34.8 Å². The SMILES string of the molecule is CC(/C(COc1ccc(C2(O)CN(c3ccc(C(=O)O)cn3)C2)c(Cl)c1)=C(\ON)C1CC1)c1c(Cl)cc(F)cc1Cl. The minimum atomic E-state index is -1.22. The number of aromatic nitrogens is 1. The second-order valence-corrected chi connectivity index (χ2v) is 11.5. The highest BCUT2D eigenvalue weighted by Crippen LogP contribution is 2.44. The fourth-order valence-corrected chi connectivity index (χ4v) is 6.21. The summed E-state index contributed by atoms with van der Waals surface area (Å²) in [4.78, 5) is 22.3. The molecule has 1 aromatic heterocycles. The Kier molecular flexibility index (Phi) is 8.36. The third-order valence-corrected chi connectivity index (χ3v) is 8.39. The Morgan fingerprint density at radius 2 is 1.83 bits per heavy atom. The van der Waals surface area contributed by atoms with Gasteiger partial charge in [0.1, 0.15) is 35.4 Å². The Morgan fingerprint density at radius 1 is 1.15 bits per heavy atom. The molecule has 12 heteroatoms. The normalized spacial score (nSPS) is 17.4. The average Bonchev–Trinajstić information content (AvgIpc) is 3.74. The van der Waals surface area contributed by atoms with Crippen molar-refractivity contribution in [2.45, 2.75) is 31.3 Å². The topological polar surface area (TPSA) is 118 Å². The quantitative estimate of drug-likeness (QED) is 0.178. The highest BCUT2D eigenvalue weighted by molar-refractivity contribution is 6.36. The van der Waals surface area contributed by atoms with Crippen LogP contribution in [0.2, 0.25) is 15.1 Å². The van der Waals surface area contributed by atoms with Crippen LogP contribution in [0.1, 0.15) is 47.2 Å². The first-order chi connectivity index (χ1) is 19.5. The second-order valence-electron chi connectivity index (χ2n) is 10.3. The van der Waals surface area contributed by atoms with Gasteiger partial charge >= 0.3 is 5.97 Å². The summed E-state index contributed by atoms with van der Waals surface area (Å²) in [6.45, 7) is 2.42. The van der Waals surface area contributed by atoms with E-state index in [9.17, 15) is 14.3 Å². The summed E-state index contributed by atoms with van der Waals surface area (Å²) in [6, 6.07) is 10.5. The minimum Gasteiger partial charge on any atom is -0.489 e. The molecule has 0 bridgehead atoms. The number of rotatable bonds is 10. The molecular weight excluding hydrogens is 596 g/mol. The Hall–Kier alpha value is -3.08. The number of nitrogens with two attached hydrogens (primary N) is 1. The molecule has 4 N–H and O–H groups in total. The smallest absolute Gasteiger partial charge is 0.337 e. The van der Waals surface area contributed by atoms with Gasteiger partial charge < -0.3 is 24.7 Å². The summed E-state index contributed by atoms with van der Waals surface area (Å²) in [5.41, 5.74) is 0.663. The third kappa shape index (κ3) is 6.10. The molecular formula is C29H27Cl3FN3O5. The van der Waals surface area contributed by atoms with Crippen LogP contribution in [0.5, 0.6) is 5.75 Å². The van der Waals surface area contributed by atoms with Gasteiger partial charge in [0.05, 0.1) is 23.7 Å². The number of aromatic carboxylic acids is 1. The van der Waals surface area contributed by atoms with Crippen LogP contribution in [0.4, 0.5) is 10.2 Å². The number of benzene rings is 2. The van der Waals surface area contributed by atoms with Crippen LogP contribution in [0.25, 0.3) is 0 Å². The first-order valence-corrected chi connectivity index (χ1v) is 14.0. The van der Waals surface area contributed by atoms with E-state index in [0.29, 0.717) is 33.5 Å². The molecule has 1 saturated carbocycles. The zero-order chi connectivity index (χ0) is 29.5. The second kappa shape index (κ2) is 11.7. The molecule has 0 amide bonds. The molecule has 2 aliphatic rings. The van der Waals surface area contributed by atoms with Gasteiger partial charge in [-0.15, -0.1) is 0 Å². The molecule has 1 atom stereocenters. The summed E-state index contributed by atoms with van der Waals surface area (Å²) in [6.07, 6.45) is 3.12. The molecule has 5 rings (SSSR count). The third-order valence-electron chi connectivity index (χ3n) is 7.45. The molecule has 2 heterocycles. The summed E-state index contributed by atoms with van der Waals surface area (Å²) < 4.78 is 19.9. The maximum Gasteiger partial charge on any atom is 0.337 e. The molecule has 1 aliphatic heterocycles. The number of allylic oxidation sites excluding steroid dienone is 1. The molecule has 0 radical (unpaired) electrons. The van der Waals surface area contributed by atoms with E-state index in [0.717, 1.165) is 18.4 Å². The van der Waals surface area contributed by atoms with E-state index < -0.39 is 17.4 Å². The van der Waals surface area contributed by atoms with E-state index in [1.165, 1.54) is 24.4 Å². The molecule has 1 saturated heterocycles. The fourth-order valence-electron chi connectivity index (χ4n) is 5.07. The van der Waals surface area contributed by atoms with Gasteiger partial charge in [-0.1, -0.05) is 47.8 Å². The number of anilines is 1. The Labute approximate surface area is 251 Å². The molecule has 216 valence electrons. The van der Waals surface area contributed by atoms with Crippen LogP contribution in [-0.4, -0.2) is 40.9 Å². The first-order valence-electron chi connectivity index (χ1n) is 12.8. The van der Waals surface area contributed by atoms with Crippen molar-refractivity contribution in [2.75, 3.05) is 24.6 Å². The van der Waals surface area contributed by atoms with Crippen molar-refractivity contribution in [3.63, 3.8) is 0 Å². The maximum absolute atomic E-state index is 13.8. The van der Waals surface area contributed by atoms with Crippen molar-refractivity contribution in [3.05, 3.63) is 97.6 Å². The van der Waals surface area contributed by atoms with Crippen molar-refractivity contribution in [1.82, 2.24) is 4.98 Å². The van der Waals surface area contributed by atoms with Crippen LogP contribution in [0, 0.1) is 11.7 Å². The van der Waals surface area contributed by atoms with E-state index in [4.69, 9.17) is 55.4 Å². The molecule has 2 fully saturated rings. The van der Waals surface area contributed by atoms with Crippen molar-refractivity contribution in [3.8, 4) is 5.75 Å². The standard InChI is InChI=1S/C29H27Cl3FN3O5/c1-15(26-23(31)8-18(33)9-24(26)32)20(27(41-34)16-2-3-16)12-40-19-5-6-21(22(30)10-19)29(39)13-36(14-29)25-7-4-17(11-35-25)28(37)38/h4-11,15-16,39H,2-3,12-14,34H2,1H3,(H,37,38)/b27-20-. The maximum atomic E-state index is 13.8. The van der Waals surface area contributed by atoms with Gasteiger partial charge in [-0.2, -0.15) is 5.90 Å². The Balaban J connectivity index is 1.31. The molecule has 1 unspecified atom stereocenters. The average molecular weight is 623 g/mol. The zero-order valence-corrected chi connectivity index (χ0v) is 24.2. The Bertz CT molecular complexity index is 1490. The summed E-state index contributed by atoms with van der Waals surface area (Å²) >= 11 is 19.3. The van der Waals surface area contributed by atoms with Gasteiger partial charge in [-0.3, -0.25) is 0 Å². The Morgan fingerprint density at radius 3 is 2.37 bits per heavy atom. The van der Waals surface area contributed by atoms with Crippen LogP contribution in [0.15, 0.2) is 60.0 Å². The lowest BCUT2D eigenvalue weighted by Gasteiger charge is -2.47. The highest BCUT2D eigenvalue weighted by Gasteiger charge is 2.44. The summed E-state index contributed by atoms with van der Waals surface area (Å²) in [5, 5.41) is 21.0. The number of carbonyl (C=O) groups is 1. The van der Waals surface area contributed by atoms with Gasteiger partial charge in [0, 0.05) is 39.2 Å². The van der Waals surface area contributed by atoms with E-state index >= 15 is 0 Å². The van der Waals surface area contributed by atoms with E-state index in [1.54, 1.807) is 24.3 Å². The lowest BCUT2D eigenvalue weighted by Crippen LogP contribution is -2.60. The number of hydrogen-bond acceptors (Lipinski definition) is 7. The van der Waals surface area contributed by atoms with E-state index in [2.05, 4.69) is 4.98 Å². The van der Waals surface area contributed by atoms with Gasteiger partial charge in [0.2, 0.25) is 0 Å². The number of carboxylic acids is 1. The predicted molar refractivity (Wildman–Crippen MR) is 154 cm³/mol. The van der Waals surface area contributed by atoms with Crippen molar-refractivity contribution in [2.24, 2.45) is 11.8 Å². The predicted octanol–water partition coefficient (Wildman–Crippen LogP) is 6.32. The monoisotopic (exact) mass is 621 g/mol. The lowest BCUT2D eigenvalue weighted by atomic mass is 9.86. The largest absolute Gasteiger partial charge is 0.489 e. The fraction of sp³-hybridized carbons (Fsp3) is 0.310. The molecule has 2 aromatic carbocycles. The number of β-amino-alcohol motifs (C(OH)–C–C–N with tert-alkyl or cyclic N) is 1. The number of ether oxygens (including phenoxy) is 1. The van der Waals surface area contributed by atoms with Crippen molar-refractivity contribution in [1.29, 1.82) is 0 Å². The number of hydrogen-bond donors (Lipinski definition) is 3. The zero-order valence-electron chi connectivity index (χ0n) is 21.9. The van der Waals surface area contributed by atoms with Gasteiger partial charge in [0.15, 0.2) is 0 Å². The van der Waals surface area contributed by atoms with Crippen molar-refractivity contribution >= 4 is 46.6 Å². The van der Waals surface area contributed by atoms with Crippen LogP contribution in [-0.2, 0) is 10.4 Å². The van der Waals surface area contributed by atoms with Gasteiger partial charge in [0.25, 0.3) is 0 Å². The van der Waals surface area contributed by atoms with Crippen LogP contribution < -0.4 is 15.5 Å². The molecule has 8 nitrogen and oxygen atoms in total. The number of halogens is 4. The molecule has 3 aromatic rings. The molecule has 0 spiro atoms. The van der Waals surface area contributed by atoms with Gasteiger partial charge in [-0.05, 0) is 54.8 Å². The van der Waals surface area contributed by atoms with E-state index in [-0.39, 0.29) is 47.1 Å². The number of pyridine rings is 1.